The van der Waals surface area contributed by atoms with Crippen molar-refractivity contribution in [1.29, 1.82) is 21.0 Å². The van der Waals surface area contributed by atoms with E-state index in [-0.39, 0.29) is 0 Å². The molecule has 6 aromatic carbocycles. The first kappa shape index (κ1) is 26.5. The molecule has 0 spiro atoms. The van der Waals surface area contributed by atoms with E-state index in [1.807, 2.05) is 78.9 Å². The SMILES string of the molecule is N#Cc1ccc2c(c1)c1ccccc1n2-c1cc(-c2ccccc2C#N)cc(-n2c3ccc(C#N)cc3c3cc(C#N)ccc32)c1. The standard InChI is InChI=1S/C40H20N6/c41-21-25-9-12-38-34(15-25)33-7-3-4-8-37(33)45(38)30-18-29(32-6-2-1-5-28(32)24-44)19-31(20-30)46-39-13-10-26(22-42)16-35(39)36-17-27(23-43)11-14-40(36)46/h1-20H. The number of para-hydroxylation sites is 1. The van der Waals surface area contributed by atoms with Gasteiger partial charge in [-0.25, -0.2) is 0 Å². The molecule has 8 rings (SSSR count). The smallest absolute Gasteiger partial charge is 0.0998 e. The molecule has 0 atom stereocenters. The second kappa shape index (κ2) is 10.3. The number of hydrogen-bond donors (Lipinski definition) is 0. The van der Waals surface area contributed by atoms with Crippen molar-refractivity contribution in [2.45, 2.75) is 0 Å². The lowest BCUT2D eigenvalue weighted by Crippen LogP contribution is -2.00. The zero-order chi connectivity index (χ0) is 31.4. The Morgan fingerprint density at radius 2 is 0.848 bits per heavy atom. The third kappa shape index (κ3) is 3.93. The van der Waals surface area contributed by atoms with Crippen LogP contribution in [0, 0.1) is 45.3 Å². The summed E-state index contributed by atoms with van der Waals surface area (Å²) in [7, 11) is 0. The van der Waals surface area contributed by atoms with E-state index < -0.39 is 0 Å². The maximum absolute atomic E-state index is 10.1. The van der Waals surface area contributed by atoms with Crippen LogP contribution >= 0.6 is 0 Å². The summed E-state index contributed by atoms with van der Waals surface area (Å²) in [5, 5.41) is 42.9. The molecule has 2 aromatic heterocycles. The van der Waals surface area contributed by atoms with Gasteiger partial charge in [0.05, 0.1) is 68.6 Å². The number of fused-ring (bicyclic) bond motifs is 6. The van der Waals surface area contributed by atoms with Gasteiger partial charge in [-0.3, -0.25) is 0 Å². The van der Waals surface area contributed by atoms with E-state index in [0.717, 1.165) is 66.1 Å². The number of rotatable bonds is 3. The summed E-state index contributed by atoms with van der Waals surface area (Å²) in [6, 6.07) is 48.1. The van der Waals surface area contributed by atoms with Crippen LogP contribution in [-0.4, -0.2) is 9.13 Å². The first-order valence-electron chi connectivity index (χ1n) is 14.6. The van der Waals surface area contributed by atoms with Crippen LogP contribution in [0.2, 0.25) is 0 Å². The molecule has 0 radical (unpaired) electrons. The van der Waals surface area contributed by atoms with Crippen molar-refractivity contribution in [3.8, 4) is 46.8 Å². The van der Waals surface area contributed by atoms with Crippen molar-refractivity contribution < 1.29 is 0 Å². The van der Waals surface area contributed by atoms with Gasteiger partial charge in [0, 0.05) is 32.9 Å². The van der Waals surface area contributed by atoms with Crippen molar-refractivity contribution >= 4 is 43.6 Å². The molecule has 0 fully saturated rings. The van der Waals surface area contributed by atoms with Crippen molar-refractivity contribution in [3.63, 3.8) is 0 Å². The molecule has 0 aliphatic heterocycles. The van der Waals surface area contributed by atoms with Crippen LogP contribution in [0.25, 0.3) is 66.1 Å². The Hall–Kier alpha value is -7.12. The highest BCUT2D eigenvalue weighted by atomic mass is 15.0. The first-order valence-corrected chi connectivity index (χ1v) is 14.6. The lowest BCUT2D eigenvalue weighted by molar-refractivity contribution is 1.13. The Morgan fingerprint density at radius 3 is 1.37 bits per heavy atom. The number of aromatic nitrogens is 2. The van der Waals surface area contributed by atoms with Gasteiger partial charge in [-0.2, -0.15) is 21.0 Å². The van der Waals surface area contributed by atoms with E-state index in [2.05, 4.69) is 63.7 Å². The van der Waals surface area contributed by atoms with Crippen LogP contribution in [0.15, 0.2) is 121 Å². The van der Waals surface area contributed by atoms with Crippen LogP contribution < -0.4 is 0 Å². The Labute approximate surface area is 263 Å². The summed E-state index contributed by atoms with van der Waals surface area (Å²) in [5.74, 6) is 0. The summed E-state index contributed by atoms with van der Waals surface area (Å²) in [6.45, 7) is 0. The van der Waals surface area contributed by atoms with Gasteiger partial charge in [-0.05, 0) is 96.1 Å². The molecule has 0 N–H and O–H groups in total. The molecule has 0 unspecified atom stereocenters. The van der Waals surface area contributed by atoms with E-state index in [9.17, 15) is 21.0 Å². The average molecular weight is 585 g/mol. The molecule has 6 nitrogen and oxygen atoms in total. The molecular formula is C40H20N6. The molecule has 46 heavy (non-hydrogen) atoms. The highest BCUT2D eigenvalue weighted by Gasteiger charge is 2.19. The third-order valence-corrected chi connectivity index (χ3v) is 8.60. The zero-order valence-corrected chi connectivity index (χ0v) is 24.2. The van der Waals surface area contributed by atoms with E-state index in [1.54, 1.807) is 12.1 Å². The minimum atomic E-state index is 0.535. The Morgan fingerprint density at radius 1 is 0.391 bits per heavy atom. The van der Waals surface area contributed by atoms with Gasteiger partial charge in [0.25, 0.3) is 0 Å². The van der Waals surface area contributed by atoms with Crippen LogP contribution in [0.5, 0.6) is 0 Å². The second-order valence-electron chi connectivity index (χ2n) is 11.1. The molecule has 8 aromatic rings. The number of benzene rings is 6. The van der Waals surface area contributed by atoms with Crippen molar-refractivity contribution in [2.75, 3.05) is 0 Å². The van der Waals surface area contributed by atoms with Crippen molar-refractivity contribution in [3.05, 3.63) is 144 Å². The predicted octanol–water partition coefficient (Wildman–Crippen LogP) is 9.03. The Bertz CT molecular complexity index is 2680. The third-order valence-electron chi connectivity index (χ3n) is 8.60. The van der Waals surface area contributed by atoms with Gasteiger partial charge in [0.15, 0.2) is 0 Å². The lowest BCUT2D eigenvalue weighted by atomic mass is 9.99. The minimum Gasteiger partial charge on any atom is -0.309 e. The number of hydrogen-bond acceptors (Lipinski definition) is 4. The molecule has 0 saturated heterocycles. The molecule has 0 bridgehead atoms. The number of nitrogens with zero attached hydrogens (tertiary/aromatic N) is 6. The fourth-order valence-corrected chi connectivity index (χ4v) is 6.60. The van der Waals surface area contributed by atoms with Gasteiger partial charge in [0.1, 0.15) is 0 Å². The second-order valence-corrected chi connectivity index (χ2v) is 11.1. The highest BCUT2D eigenvalue weighted by Crippen LogP contribution is 2.39. The first-order chi connectivity index (χ1) is 22.6. The van der Waals surface area contributed by atoms with Crippen LogP contribution in [0.4, 0.5) is 0 Å². The Kier molecular flexibility index (Phi) is 5.91. The van der Waals surface area contributed by atoms with Gasteiger partial charge in [-0.15, -0.1) is 0 Å². The molecule has 210 valence electrons. The monoisotopic (exact) mass is 584 g/mol. The van der Waals surface area contributed by atoms with E-state index in [4.69, 9.17) is 0 Å². The maximum atomic E-state index is 10.1. The lowest BCUT2D eigenvalue weighted by Gasteiger charge is -2.16. The topological polar surface area (TPSA) is 105 Å². The molecular weight excluding hydrogens is 564 g/mol. The van der Waals surface area contributed by atoms with Gasteiger partial charge in [-0.1, -0.05) is 36.4 Å². The Balaban J connectivity index is 1.52. The average Bonchev–Trinajstić information content (AvgIpc) is 3.62. The molecule has 2 heterocycles. The van der Waals surface area contributed by atoms with Crippen molar-refractivity contribution in [1.82, 2.24) is 9.13 Å². The highest BCUT2D eigenvalue weighted by molar-refractivity contribution is 6.11. The van der Waals surface area contributed by atoms with E-state index in [1.165, 1.54) is 0 Å². The fourth-order valence-electron chi connectivity index (χ4n) is 6.60. The normalized spacial score (nSPS) is 11.0. The van der Waals surface area contributed by atoms with Gasteiger partial charge >= 0.3 is 0 Å². The predicted molar refractivity (Wildman–Crippen MR) is 179 cm³/mol. The minimum absolute atomic E-state index is 0.535. The molecule has 0 saturated carbocycles. The summed E-state index contributed by atoms with van der Waals surface area (Å²) in [4.78, 5) is 0. The quantitative estimate of drug-likeness (QED) is 0.207. The maximum Gasteiger partial charge on any atom is 0.0998 e. The summed E-state index contributed by atoms with van der Waals surface area (Å²) >= 11 is 0. The zero-order valence-electron chi connectivity index (χ0n) is 24.2. The van der Waals surface area contributed by atoms with Crippen LogP contribution in [0.1, 0.15) is 22.3 Å². The van der Waals surface area contributed by atoms with Gasteiger partial charge < -0.3 is 9.13 Å². The summed E-state index contributed by atoms with van der Waals surface area (Å²) < 4.78 is 4.35. The summed E-state index contributed by atoms with van der Waals surface area (Å²) in [6.07, 6.45) is 0. The van der Waals surface area contributed by atoms with E-state index >= 15 is 0 Å². The molecule has 0 aliphatic carbocycles. The molecule has 0 amide bonds. The van der Waals surface area contributed by atoms with Crippen LogP contribution in [-0.2, 0) is 0 Å². The van der Waals surface area contributed by atoms with Crippen LogP contribution in [0.3, 0.4) is 0 Å². The van der Waals surface area contributed by atoms with E-state index in [0.29, 0.717) is 22.3 Å². The molecule has 6 heteroatoms. The van der Waals surface area contributed by atoms with Gasteiger partial charge in [0.2, 0.25) is 0 Å². The van der Waals surface area contributed by atoms with Crippen molar-refractivity contribution in [2.24, 2.45) is 0 Å². The summed E-state index contributed by atoms with van der Waals surface area (Å²) in [5.41, 5.74) is 9.35. The fraction of sp³-hybridized carbons (Fsp3) is 0. The number of nitriles is 4. The largest absolute Gasteiger partial charge is 0.309 e. The molecule has 0 aliphatic rings.